The number of hydrogen-bond acceptors (Lipinski definition) is 4. The molecule has 0 amide bonds. The Hall–Kier alpha value is -2.53. The summed E-state index contributed by atoms with van der Waals surface area (Å²) >= 11 is 0. The molecule has 0 fully saturated rings. The number of ether oxygens (including phenoxy) is 3. The van der Waals surface area contributed by atoms with E-state index in [1.807, 2.05) is 24.3 Å². The molecule has 1 unspecified atom stereocenters. The second kappa shape index (κ2) is 7.24. The minimum atomic E-state index is 0.0385. The van der Waals surface area contributed by atoms with Gasteiger partial charge in [-0.15, -0.1) is 0 Å². The van der Waals surface area contributed by atoms with Crippen LogP contribution >= 0.6 is 0 Å². The lowest BCUT2D eigenvalue weighted by atomic mass is 9.87. The molecule has 0 aromatic heterocycles. The second-order valence-corrected chi connectivity index (χ2v) is 7.29. The third-order valence-corrected chi connectivity index (χ3v) is 5.75. The Bertz CT molecular complexity index is 860. The van der Waals surface area contributed by atoms with Crippen molar-refractivity contribution in [3.63, 3.8) is 0 Å². The number of nitrogens with one attached hydrogen (secondary N) is 1. The van der Waals surface area contributed by atoms with E-state index in [0.717, 1.165) is 42.0 Å². The zero-order valence-corrected chi connectivity index (χ0v) is 16.1. The molecular formula is C22H26NO4+. The fraction of sp³-hybridized carbons (Fsp3) is 0.409. The number of hydrogen-bond donors (Lipinski definition) is 1. The first-order valence-electron chi connectivity index (χ1n) is 9.56. The van der Waals surface area contributed by atoms with Crippen LogP contribution in [0.4, 0.5) is 0 Å². The van der Waals surface area contributed by atoms with Crippen LogP contribution in [0.5, 0.6) is 17.2 Å². The Morgan fingerprint density at radius 2 is 2.04 bits per heavy atom. The van der Waals surface area contributed by atoms with E-state index in [2.05, 4.69) is 20.0 Å². The van der Waals surface area contributed by atoms with Crippen LogP contribution in [0.2, 0.25) is 0 Å². The number of methoxy groups -OCH3 is 1. The van der Waals surface area contributed by atoms with E-state index in [1.54, 1.807) is 7.11 Å². The quantitative estimate of drug-likeness (QED) is 0.824. The van der Waals surface area contributed by atoms with Crippen LogP contribution in [0.3, 0.4) is 0 Å². The highest BCUT2D eigenvalue weighted by Crippen LogP contribution is 2.47. The maximum atomic E-state index is 13.0. The highest BCUT2D eigenvalue weighted by Gasteiger charge is 2.37. The molecule has 0 radical (unpaired) electrons. The van der Waals surface area contributed by atoms with Crippen LogP contribution in [-0.2, 0) is 12.8 Å². The molecule has 4 rings (SSSR count). The maximum Gasteiger partial charge on any atom is 0.231 e. The molecule has 5 nitrogen and oxygen atoms in total. The van der Waals surface area contributed by atoms with Gasteiger partial charge in [0.1, 0.15) is 6.04 Å². The van der Waals surface area contributed by atoms with Crippen LogP contribution in [0.15, 0.2) is 30.3 Å². The van der Waals surface area contributed by atoms with Gasteiger partial charge in [-0.1, -0.05) is 31.2 Å². The van der Waals surface area contributed by atoms with E-state index >= 15 is 0 Å². The molecule has 2 aliphatic heterocycles. The summed E-state index contributed by atoms with van der Waals surface area (Å²) in [4.78, 5) is 14.3. The van der Waals surface area contributed by atoms with Gasteiger partial charge >= 0.3 is 0 Å². The van der Waals surface area contributed by atoms with Crippen molar-refractivity contribution in [1.82, 2.24) is 0 Å². The lowest BCUT2D eigenvalue weighted by Crippen LogP contribution is -3.10. The molecule has 0 bridgehead atoms. The van der Waals surface area contributed by atoms with E-state index in [-0.39, 0.29) is 18.6 Å². The van der Waals surface area contributed by atoms with Gasteiger partial charge in [0, 0.05) is 12.0 Å². The Morgan fingerprint density at radius 3 is 2.74 bits per heavy atom. The lowest BCUT2D eigenvalue weighted by Gasteiger charge is -2.32. The number of aryl methyl sites for hydroxylation is 1. The number of likely N-dealkylation sites (N-methyl/N-ethyl adjacent to an activating group) is 1. The molecular weight excluding hydrogens is 342 g/mol. The van der Waals surface area contributed by atoms with E-state index in [1.165, 1.54) is 16.0 Å². The molecule has 0 spiro atoms. The van der Waals surface area contributed by atoms with Crippen molar-refractivity contribution >= 4 is 5.78 Å². The highest BCUT2D eigenvalue weighted by molar-refractivity contribution is 5.96. The Morgan fingerprint density at radius 1 is 1.26 bits per heavy atom. The Kier molecular flexibility index (Phi) is 4.79. The van der Waals surface area contributed by atoms with Gasteiger partial charge < -0.3 is 19.1 Å². The summed E-state index contributed by atoms with van der Waals surface area (Å²) < 4.78 is 16.9. The lowest BCUT2D eigenvalue weighted by molar-refractivity contribution is -0.913. The number of ketones is 1. The number of rotatable bonds is 5. The first-order valence-corrected chi connectivity index (χ1v) is 9.56. The van der Waals surface area contributed by atoms with Crippen molar-refractivity contribution in [2.45, 2.75) is 32.2 Å². The average Bonchev–Trinajstić information content (AvgIpc) is 3.16. The number of carbonyl (C=O) groups excluding carboxylic acids is 1. The van der Waals surface area contributed by atoms with Gasteiger partial charge in [0.05, 0.1) is 32.7 Å². The van der Waals surface area contributed by atoms with Crippen LogP contribution in [0, 0.1) is 0 Å². The molecule has 0 saturated heterocycles. The SMILES string of the molecule is CCc1ccc(C(=O)C[C@@H]2c3c(cc4c(c3OC)OCO4)CC[NH+]2C)cc1. The molecule has 2 aromatic rings. The summed E-state index contributed by atoms with van der Waals surface area (Å²) in [6.07, 6.45) is 2.35. The third kappa shape index (κ3) is 3.16. The van der Waals surface area contributed by atoms with Gasteiger partial charge in [-0.2, -0.15) is 0 Å². The molecule has 1 N–H and O–H groups in total. The topological polar surface area (TPSA) is 49.2 Å². The van der Waals surface area contributed by atoms with Crippen molar-refractivity contribution in [2.24, 2.45) is 0 Å². The van der Waals surface area contributed by atoms with Gasteiger partial charge in [0.15, 0.2) is 17.3 Å². The van der Waals surface area contributed by atoms with Crippen LogP contribution < -0.4 is 19.1 Å². The van der Waals surface area contributed by atoms with Gasteiger partial charge in [-0.25, -0.2) is 0 Å². The van der Waals surface area contributed by atoms with Crippen LogP contribution in [0.1, 0.15) is 46.4 Å². The number of benzene rings is 2. The van der Waals surface area contributed by atoms with Gasteiger partial charge in [-0.3, -0.25) is 4.79 Å². The Balaban J connectivity index is 1.68. The smallest absolute Gasteiger partial charge is 0.231 e. The molecule has 142 valence electrons. The van der Waals surface area contributed by atoms with E-state index in [0.29, 0.717) is 12.2 Å². The first kappa shape index (κ1) is 17.9. The summed E-state index contributed by atoms with van der Waals surface area (Å²) in [6, 6.07) is 10.1. The molecule has 2 atom stereocenters. The van der Waals surface area contributed by atoms with Crippen molar-refractivity contribution in [2.75, 3.05) is 27.5 Å². The third-order valence-electron chi connectivity index (χ3n) is 5.75. The van der Waals surface area contributed by atoms with Crippen molar-refractivity contribution in [3.05, 3.63) is 52.6 Å². The van der Waals surface area contributed by atoms with Gasteiger partial charge in [-0.05, 0) is 23.6 Å². The predicted octanol–water partition coefficient (Wildman–Crippen LogP) is 2.37. The monoisotopic (exact) mass is 368 g/mol. The zero-order chi connectivity index (χ0) is 19.0. The van der Waals surface area contributed by atoms with Crippen molar-refractivity contribution < 1.29 is 23.9 Å². The second-order valence-electron chi connectivity index (χ2n) is 7.29. The zero-order valence-electron chi connectivity index (χ0n) is 16.1. The summed E-state index contributed by atoms with van der Waals surface area (Å²) in [5.74, 6) is 2.29. The summed E-state index contributed by atoms with van der Waals surface area (Å²) in [7, 11) is 3.80. The largest absolute Gasteiger partial charge is 0.492 e. The minimum absolute atomic E-state index is 0.0385. The first-order chi connectivity index (χ1) is 13.1. The summed E-state index contributed by atoms with van der Waals surface area (Å²) in [5, 5.41) is 0. The van der Waals surface area contributed by atoms with E-state index < -0.39 is 0 Å². The van der Waals surface area contributed by atoms with Gasteiger partial charge in [0.25, 0.3) is 0 Å². The number of quaternary nitrogens is 1. The van der Waals surface area contributed by atoms with E-state index in [9.17, 15) is 4.79 Å². The number of carbonyl (C=O) groups is 1. The van der Waals surface area contributed by atoms with Crippen molar-refractivity contribution in [1.29, 1.82) is 0 Å². The maximum absolute atomic E-state index is 13.0. The summed E-state index contributed by atoms with van der Waals surface area (Å²) in [5.41, 5.74) is 4.29. The minimum Gasteiger partial charge on any atom is -0.492 e. The molecule has 2 aliphatic rings. The highest BCUT2D eigenvalue weighted by atomic mass is 16.7. The number of Topliss-reactive ketones (excluding diaryl/α,β-unsaturated/α-hetero) is 1. The standard InChI is InChI=1S/C22H25NO4/c1-4-14-5-7-15(8-6-14)18(24)12-17-20-16(9-10-23(17)2)11-19-21(22(20)25-3)27-13-26-19/h5-8,11,17H,4,9-10,12-13H2,1-3H3/p+1/t17-/m1/s1. The van der Waals surface area contributed by atoms with Crippen molar-refractivity contribution in [3.8, 4) is 17.2 Å². The molecule has 2 heterocycles. The van der Waals surface area contributed by atoms with Gasteiger partial charge in [0.2, 0.25) is 12.5 Å². The molecule has 5 heteroatoms. The van der Waals surface area contributed by atoms with E-state index in [4.69, 9.17) is 14.2 Å². The fourth-order valence-corrected chi connectivity index (χ4v) is 4.13. The molecule has 27 heavy (non-hydrogen) atoms. The summed E-state index contributed by atoms with van der Waals surface area (Å²) in [6.45, 7) is 3.30. The average molecular weight is 368 g/mol. The Labute approximate surface area is 159 Å². The number of fused-ring (bicyclic) bond motifs is 2. The fourth-order valence-electron chi connectivity index (χ4n) is 4.13. The molecule has 2 aromatic carbocycles. The predicted molar refractivity (Wildman–Crippen MR) is 102 cm³/mol. The molecule has 0 saturated carbocycles. The van der Waals surface area contributed by atoms with Crippen LogP contribution in [-0.4, -0.2) is 33.3 Å². The van der Waals surface area contributed by atoms with Crippen LogP contribution in [0.25, 0.3) is 0 Å². The normalized spacial score (nSPS) is 20.3. The molecule has 0 aliphatic carbocycles.